The zero-order valence-electron chi connectivity index (χ0n) is 17.5. The molecule has 4 rings (SSSR count). The van der Waals surface area contributed by atoms with E-state index in [2.05, 4.69) is 0 Å². The van der Waals surface area contributed by atoms with Crippen LogP contribution in [0.5, 0.6) is 5.75 Å². The largest absolute Gasteiger partial charge is 0.507 e. The molecule has 0 spiro atoms. The Kier molecular flexibility index (Phi) is 5.38. The third-order valence-corrected chi connectivity index (χ3v) is 5.42. The lowest BCUT2D eigenvalue weighted by molar-refractivity contribution is -0.132. The van der Waals surface area contributed by atoms with Crippen molar-refractivity contribution >= 4 is 23.1 Å². The van der Waals surface area contributed by atoms with Crippen molar-refractivity contribution in [3.05, 3.63) is 89.4 Å². The highest BCUT2D eigenvalue weighted by atomic mass is 16.5. The van der Waals surface area contributed by atoms with Crippen molar-refractivity contribution < 1.29 is 23.8 Å². The van der Waals surface area contributed by atoms with Crippen LogP contribution < -0.4 is 9.64 Å². The summed E-state index contributed by atoms with van der Waals surface area (Å²) in [7, 11) is 1.59. The smallest absolute Gasteiger partial charge is 0.300 e. The second kappa shape index (κ2) is 8.14. The Labute approximate surface area is 180 Å². The number of benzene rings is 2. The lowest BCUT2D eigenvalue weighted by Crippen LogP contribution is -2.29. The van der Waals surface area contributed by atoms with Crippen LogP contribution in [0.25, 0.3) is 5.76 Å². The summed E-state index contributed by atoms with van der Waals surface area (Å²) in [6.07, 6.45) is 1.48. The van der Waals surface area contributed by atoms with E-state index < -0.39 is 17.7 Å². The van der Waals surface area contributed by atoms with Crippen molar-refractivity contribution in [1.82, 2.24) is 0 Å². The van der Waals surface area contributed by atoms with E-state index in [-0.39, 0.29) is 17.3 Å². The fourth-order valence-corrected chi connectivity index (χ4v) is 3.89. The van der Waals surface area contributed by atoms with Crippen LogP contribution in [0.4, 0.5) is 5.69 Å². The molecule has 6 heteroatoms. The van der Waals surface area contributed by atoms with E-state index in [4.69, 9.17) is 9.15 Å². The van der Waals surface area contributed by atoms with Gasteiger partial charge in [-0.05, 0) is 53.9 Å². The average Bonchev–Trinajstić information content (AvgIpc) is 3.40. The van der Waals surface area contributed by atoms with Crippen molar-refractivity contribution in [2.24, 2.45) is 0 Å². The number of ketones is 1. The van der Waals surface area contributed by atoms with Crippen LogP contribution in [0.2, 0.25) is 0 Å². The topological polar surface area (TPSA) is 80.0 Å². The van der Waals surface area contributed by atoms with Gasteiger partial charge in [-0.1, -0.05) is 32.0 Å². The highest BCUT2D eigenvalue weighted by Gasteiger charge is 2.48. The van der Waals surface area contributed by atoms with Crippen LogP contribution in [0.3, 0.4) is 0 Å². The number of furan rings is 1. The molecule has 1 aliphatic rings. The number of nitrogens with zero attached hydrogens (tertiary/aromatic N) is 1. The summed E-state index contributed by atoms with van der Waals surface area (Å²) in [5, 5.41) is 11.2. The molecule has 6 nitrogen and oxygen atoms in total. The Morgan fingerprint density at radius 2 is 1.81 bits per heavy atom. The lowest BCUT2D eigenvalue weighted by Gasteiger charge is -2.23. The molecule has 2 heterocycles. The average molecular weight is 417 g/mol. The molecule has 1 saturated heterocycles. The van der Waals surface area contributed by atoms with Crippen LogP contribution in [0.1, 0.15) is 42.7 Å². The first-order chi connectivity index (χ1) is 14.9. The molecule has 0 saturated carbocycles. The van der Waals surface area contributed by atoms with E-state index in [0.29, 0.717) is 22.8 Å². The molecule has 1 amide bonds. The van der Waals surface area contributed by atoms with Crippen molar-refractivity contribution in [1.29, 1.82) is 0 Å². The summed E-state index contributed by atoms with van der Waals surface area (Å²) in [5.74, 6) is -0.504. The quantitative estimate of drug-likeness (QED) is 0.357. The fourth-order valence-electron chi connectivity index (χ4n) is 3.89. The van der Waals surface area contributed by atoms with Crippen molar-refractivity contribution in [3.8, 4) is 5.75 Å². The molecule has 3 aromatic rings. The first-order valence-corrected chi connectivity index (χ1v) is 10.0. The fraction of sp³-hybridized carbons (Fsp3) is 0.200. The standard InChI is InChI=1S/C25H23NO5/c1-15(2)18-14-16(11-12-19(18)30-3)23(27)21-22(20-10-7-13-31-20)26(25(29)24(21)28)17-8-5-4-6-9-17/h4-15,22,27H,1-3H3/b23-21-. The molecule has 1 fully saturated rings. The number of methoxy groups -OCH3 is 1. The molecule has 1 N–H and O–H groups in total. The molecule has 0 aliphatic carbocycles. The van der Waals surface area contributed by atoms with Gasteiger partial charge in [-0.3, -0.25) is 14.5 Å². The highest BCUT2D eigenvalue weighted by molar-refractivity contribution is 6.51. The third kappa shape index (κ3) is 3.50. The van der Waals surface area contributed by atoms with E-state index in [1.54, 1.807) is 61.7 Å². The monoisotopic (exact) mass is 417 g/mol. The zero-order valence-corrected chi connectivity index (χ0v) is 17.5. The summed E-state index contributed by atoms with van der Waals surface area (Å²) >= 11 is 0. The summed E-state index contributed by atoms with van der Waals surface area (Å²) < 4.78 is 11.0. The van der Waals surface area contributed by atoms with Crippen LogP contribution in [-0.2, 0) is 9.59 Å². The van der Waals surface area contributed by atoms with Gasteiger partial charge in [0.25, 0.3) is 11.7 Å². The number of hydrogen-bond donors (Lipinski definition) is 1. The first kappa shape index (κ1) is 20.5. The molecule has 2 aromatic carbocycles. The predicted molar refractivity (Wildman–Crippen MR) is 117 cm³/mol. The number of carbonyl (C=O) groups excluding carboxylic acids is 2. The zero-order chi connectivity index (χ0) is 22.1. The van der Waals surface area contributed by atoms with Crippen molar-refractivity contribution in [2.75, 3.05) is 12.0 Å². The minimum absolute atomic E-state index is 0.0105. The molecule has 31 heavy (non-hydrogen) atoms. The summed E-state index contributed by atoms with van der Waals surface area (Å²) in [5.41, 5.74) is 1.86. The van der Waals surface area contributed by atoms with E-state index in [9.17, 15) is 14.7 Å². The minimum Gasteiger partial charge on any atom is -0.507 e. The Morgan fingerprint density at radius 1 is 1.06 bits per heavy atom. The van der Waals surface area contributed by atoms with Gasteiger partial charge in [-0.15, -0.1) is 0 Å². The van der Waals surface area contributed by atoms with Crippen molar-refractivity contribution in [3.63, 3.8) is 0 Å². The number of ether oxygens (including phenoxy) is 1. The molecular weight excluding hydrogens is 394 g/mol. The van der Waals surface area contributed by atoms with Gasteiger partial charge in [-0.25, -0.2) is 0 Å². The SMILES string of the molecule is COc1ccc(/C(O)=C2/C(=O)C(=O)N(c3ccccc3)C2c2ccco2)cc1C(C)C. The van der Waals surface area contributed by atoms with Crippen LogP contribution >= 0.6 is 0 Å². The maximum absolute atomic E-state index is 13.1. The maximum atomic E-state index is 13.1. The highest BCUT2D eigenvalue weighted by Crippen LogP contribution is 2.42. The van der Waals surface area contributed by atoms with Gasteiger partial charge in [0, 0.05) is 11.3 Å². The number of aliphatic hydroxyl groups is 1. The van der Waals surface area contributed by atoms with Crippen molar-refractivity contribution in [2.45, 2.75) is 25.8 Å². The van der Waals surface area contributed by atoms with Gasteiger partial charge in [-0.2, -0.15) is 0 Å². The number of rotatable bonds is 5. The van der Waals surface area contributed by atoms with E-state index >= 15 is 0 Å². The number of aliphatic hydroxyl groups excluding tert-OH is 1. The number of para-hydroxylation sites is 1. The number of amides is 1. The number of carbonyl (C=O) groups is 2. The first-order valence-electron chi connectivity index (χ1n) is 10.0. The van der Waals surface area contributed by atoms with Gasteiger partial charge in [0.1, 0.15) is 23.3 Å². The number of hydrogen-bond acceptors (Lipinski definition) is 5. The van der Waals surface area contributed by atoms with Gasteiger partial charge in [0.05, 0.1) is 18.9 Å². The van der Waals surface area contributed by atoms with Crippen LogP contribution in [0, 0.1) is 0 Å². The molecule has 1 aliphatic heterocycles. The molecular formula is C25H23NO5. The van der Waals surface area contributed by atoms with Crippen LogP contribution in [0.15, 0.2) is 76.9 Å². The van der Waals surface area contributed by atoms with E-state index in [1.165, 1.54) is 11.2 Å². The Hall–Kier alpha value is -3.80. The normalized spacial score (nSPS) is 18.1. The molecule has 0 bridgehead atoms. The summed E-state index contributed by atoms with van der Waals surface area (Å²) in [4.78, 5) is 27.4. The summed E-state index contributed by atoms with van der Waals surface area (Å²) in [6, 6.07) is 16.6. The second-order valence-electron chi connectivity index (χ2n) is 7.63. The van der Waals surface area contributed by atoms with Crippen LogP contribution in [-0.4, -0.2) is 23.9 Å². The Morgan fingerprint density at radius 3 is 2.42 bits per heavy atom. The number of Topliss-reactive ketones (excluding diaryl/α,β-unsaturated/α-hetero) is 1. The summed E-state index contributed by atoms with van der Waals surface area (Å²) in [6.45, 7) is 4.03. The Bertz CT molecular complexity index is 1150. The van der Waals surface area contributed by atoms with Gasteiger partial charge < -0.3 is 14.3 Å². The van der Waals surface area contributed by atoms with E-state index in [0.717, 1.165) is 5.56 Å². The predicted octanol–water partition coefficient (Wildman–Crippen LogP) is 5.04. The van der Waals surface area contributed by atoms with Gasteiger partial charge >= 0.3 is 0 Å². The maximum Gasteiger partial charge on any atom is 0.300 e. The minimum atomic E-state index is -0.873. The molecule has 158 valence electrons. The molecule has 1 unspecified atom stereocenters. The third-order valence-electron chi connectivity index (χ3n) is 5.42. The Balaban J connectivity index is 1.91. The molecule has 1 atom stereocenters. The second-order valence-corrected chi connectivity index (χ2v) is 7.63. The number of anilines is 1. The molecule has 0 radical (unpaired) electrons. The van der Waals surface area contributed by atoms with E-state index in [1.807, 2.05) is 19.9 Å². The van der Waals surface area contributed by atoms with Gasteiger partial charge in [0.15, 0.2) is 0 Å². The van der Waals surface area contributed by atoms with Gasteiger partial charge in [0.2, 0.25) is 0 Å². The lowest BCUT2D eigenvalue weighted by atomic mass is 9.95. The molecule has 1 aromatic heterocycles.